The van der Waals surface area contributed by atoms with Crippen molar-refractivity contribution in [2.45, 2.75) is 13.3 Å². The highest BCUT2D eigenvalue weighted by Crippen LogP contribution is 2.15. The van der Waals surface area contributed by atoms with Crippen LogP contribution in [0.3, 0.4) is 0 Å². The fourth-order valence-electron chi connectivity index (χ4n) is 1.27. The highest BCUT2D eigenvalue weighted by Gasteiger charge is 2.01. The normalized spacial score (nSPS) is 10.4. The van der Waals surface area contributed by atoms with E-state index in [1.807, 2.05) is 19.1 Å². The van der Waals surface area contributed by atoms with E-state index < -0.39 is 0 Å². The molecule has 0 aliphatic rings. The van der Waals surface area contributed by atoms with Gasteiger partial charge >= 0.3 is 0 Å². The van der Waals surface area contributed by atoms with E-state index in [1.165, 1.54) is 4.88 Å². The monoisotopic (exact) mass is 224 g/mol. The van der Waals surface area contributed by atoms with Crippen LogP contribution < -0.4 is 0 Å². The predicted molar refractivity (Wildman–Crippen MR) is 58.9 cm³/mol. The highest BCUT2D eigenvalue weighted by molar-refractivity contribution is 7.09. The molecule has 0 aliphatic carbocycles. The molecule has 0 aromatic carbocycles. The summed E-state index contributed by atoms with van der Waals surface area (Å²) in [5.74, 6) is 0.726. The van der Waals surface area contributed by atoms with E-state index in [9.17, 15) is 0 Å². The van der Waals surface area contributed by atoms with Crippen molar-refractivity contribution < 1.29 is 0 Å². The number of halogens is 1. The third-order valence-corrected chi connectivity index (χ3v) is 2.87. The van der Waals surface area contributed by atoms with Gasteiger partial charge < -0.3 is 0 Å². The molecule has 0 aliphatic heterocycles. The number of nitrogens with zero attached hydrogens (tertiary/aromatic N) is 2. The standard InChI is InChI=1S/C10H9ClN2S/c1-7-12-8(6-10(11)13-7)5-9-3-2-4-14-9/h2-4,6H,5H2,1H3. The summed E-state index contributed by atoms with van der Waals surface area (Å²) in [5, 5.41) is 2.58. The molecule has 0 saturated heterocycles. The molecule has 0 fully saturated rings. The molecule has 0 atom stereocenters. The Bertz CT molecular complexity index is 405. The van der Waals surface area contributed by atoms with Crippen LogP contribution in [0, 0.1) is 6.92 Å². The third-order valence-electron chi connectivity index (χ3n) is 1.80. The van der Waals surface area contributed by atoms with Gasteiger partial charge in [0, 0.05) is 11.3 Å². The minimum Gasteiger partial charge on any atom is -0.238 e. The maximum absolute atomic E-state index is 5.84. The topological polar surface area (TPSA) is 25.8 Å². The van der Waals surface area contributed by atoms with E-state index in [0.717, 1.165) is 17.9 Å². The molecule has 2 aromatic rings. The van der Waals surface area contributed by atoms with E-state index in [2.05, 4.69) is 21.4 Å². The molecule has 2 rings (SSSR count). The summed E-state index contributed by atoms with van der Waals surface area (Å²) in [5.41, 5.74) is 0.977. The third kappa shape index (κ3) is 2.30. The molecule has 2 nitrogen and oxygen atoms in total. The molecular weight excluding hydrogens is 216 g/mol. The Balaban J connectivity index is 2.25. The lowest BCUT2D eigenvalue weighted by Gasteiger charge is -2.00. The second-order valence-corrected chi connectivity index (χ2v) is 4.40. The molecule has 0 spiro atoms. The molecule has 0 bridgehead atoms. The van der Waals surface area contributed by atoms with Crippen molar-refractivity contribution in [3.05, 3.63) is 45.1 Å². The second kappa shape index (κ2) is 4.07. The molecular formula is C10H9ClN2S. The van der Waals surface area contributed by atoms with E-state index in [-0.39, 0.29) is 0 Å². The Hall–Kier alpha value is -0.930. The Morgan fingerprint density at radius 2 is 2.29 bits per heavy atom. The SMILES string of the molecule is Cc1nc(Cl)cc(Cc2cccs2)n1. The average Bonchev–Trinajstić information content (AvgIpc) is 2.54. The van der Waals surface area contributed by atoms with E-state index >= 15 is 0 Å². The smallest absolute Gasteiger partial charge is 0.133 e. The summed E-state index contributed by atoms with van der Waals surface area (Å²) >= 11 is 7.57. The maximum Gasteiger partial charge on any atom is 0.133 e. The van der Waals surface area contributed by atoms with Crippen LogP contribution in [0.15, 0.2) is 23.6 Å². The first-order chi connectivity index (χ1) is 6.74. The largest absolute Gasteiger partial charge is 0.238 e. The molecule has 0 N–H and O–H groups in total. The van der Waals surface area contributed by atoms with Crippen LogP contribution in [0.4, 0.5) is 0 Å². The zero-order chi connectivity index (χ0) is 9.97. The lowest BCUT2D eigenvalue weighted by Crippen LogP contribution is -1.95. The number of thiophene rings is 1. The van der Waals surface area contributed by atoms with Gasteiger partial charge in [-0.1, -0.05) is 17.7 Å². The highest BCUT2D eigenvalue weighted by atomic mass is 35.5. The molecule has 72 valence electrons. The van der Waals surface area contributed by atoms with Gasteiger partial charge in [0.15, 0.2) is 0 Å². The molecule has 14 heavy (non-hydrogen) atoms. The molecule has 0 unspecified atom stereocenters. The lowest BCUT2D eigenvalue weighted by molar-refractivity contribution is 0.976. The van der Waals surface area contributed by atoms with Crippen LogP contribution in [0.25, 0.3) is 0 Å². The first-order valence-corrected chi connectivity index (χ1v) is 5.52. The summed E-state index contributed by atoms with van der Waals surface area (Å²) in [6, 6.07) is 5.94. The minimum atomic E-state index is 0.518. The molecule has 2 aromatic heterocycles. The van der Waals surface area contributed by atoms with Gasteiger partial charge in [0.2, 0.25) is 0 Å². The van der Waals surface area contributed by atoms with Gasteiger partial charge in [0.1, 0.15) is 11.0 Å². The summed E-state index contributed by atoms with van der Waals surface area (Å²) in [6.45, 7) is 1.85. The summed E-state index contributed by atoms with van der Waals surface area (Å²) < 4.78 is 0. The van der Waals surface area contributed by atoms with Crippen molar-refractivity contribution in [3.8, 4) is 0 Å². The average molecular weight is 225 g/mol. The number of aromatic nitrogens is 2. The van der Waals surface area contributed by atoms with Gasteiger partial charge in [-0.3, -0.25) is 0 Å². The van der Waals surface area contributed by atoms with Gasteiger partial charge in [-0.25, -0.2) is 9.97 Å². The van der Waals surface area contributed by atoms with Crippen LogP contribution in [0.1, 0.15) is 16.4 Å². The van der Waals surface area contributed by atoms with Crippen molar-refractivity contribution in [3.63, 3.8) is 0 Å². The van der Waals surface area contributed by atoms with Crippen LogP contribution in [-0.2, 0) is 6.42 Å². The molecule has 4 heteroatoms. The summed E-state index contributed by atoms with van der Waals surface area (Å²) in [6.07, 6.45) is 0.834. The first kappa shape index (κ1) is 9.62. The number of hydrogen-bond donors (Lipinski definition) is 0. The second-order valence-electron chi connectivity index (χ2n) is 2.99. The number of aryl methyl sites for hydroxylation is 1. The van der Waals surface area contributed by atoms with Crippen molar-refractivity contribution in [2.75, 3.05) is 0 Å². The zero-order valence-electron chi connectivity index (χ0n) is 7.70. The molecule has 0 amide bonds. The first-order valence-electron chi connectivity index (χ1n) is 4.26. The minimum absolute atomic E-state index is 0.518. The van der Waals surface area contributed by atoms with E-state index in [1.54, 1.807) is 11.3 Å². The van der Waals surface area contributed by atoms with Gasteiger partial charge in [0.05, 0.1) is 5.69 Å². The Morgan fingerprint density at radius 1 is 1.43 bits per heavy atom. The lowest BCUT2D eigenvalue weighted by atomic mass is 10.2. The van der Waals surface area contributed by atoms with Crippen LogP contribution in [-0.4, -0.2) is 9.97 Å². The quantitative estimate of drug-likeness (QED) is 0.733. The van der Waals surface area contributed by atoms with E-state index in [4.69, 9.17) is 11.6 Å². The number of rotatable bonds is 2. The maximum atomic E-state index is 5.84. The molecule has 0 saturated carbocycles. The predicted octanol–water partition coefficient (Wildman–Crippen LogP) is 3.09. The van der Waals surface area contributed by atoms with Crippen LogP contribution in [0.5, 0.6) is 0 Å². The molecule has 0 radical (unpaired) electrons. The van der Waals surface area contributed by atoms with Gasteiger partial charge in [-0.15, -0.1) is 11.3 Å². The Labute approximate surface area is 91.6 Å². The summed E-state index contributed by atoms with van der Waals surface area (Å²) in [7, 11) is 0. The van der Waals surface area contributed by atoms with Crippen molar-refractivity contribution in [1.29, 1.82) is 0 Å². The summed E-state index contributed by atoms with van der Waals surface area (Å²) in [4.78, 5) is 9.63. The number of hydrogen-bond acceptors (Lipinski definition) is 3. The van der Waals surface area contributed by atoms with Gasteiger partial charge in [-0.05, 0) is 24.4 Å². The van der Waals surface area contributed by atoms with E-state index in [0.29, 0.717) is 5.15 Å². The fourth-order valence-corrected chi connectivity index (χ4v) is 2.24. The van der Waals surface area contributed by atoms with Crippen LogP contribution >= 0.6 is 22.9 Å². The van der Waals surface area contributed by atoms with Crippen molar-refractivity contribution >= 4 is 22.9 Å². The van der Waals surface area contributed by atoms with Crippen molar-refractivity contribution in [2.24, 2.45) is 0 Å². The fraction of sp³-hybridized carbons (Fsp3) is 0.200. The van der Waals surface area contributed by atoms with Crippen LogP contribution in [0.2, 0.25) is 5.15 Å². The van der Waals surface area contributed by atoms with Crippen molar-refractivity contribution in [1.82, 2.24) is 9.97 Å². The zero-order valence-corrected chi connectivity index (χ0v) is 9.27. The Kier molecular flexibility index (Phi) is 2.79. The Morgan fingerprint density at radius 3 is 2.93 bits per heavy atom. The van der Waals surface area contributed by atoms with Gasteiger partial charge in [-0.2, -0.15) is 0 Å². The molecule has 2 heterocycles. The van der Waals surface area contributed by atoms with Gasteiger partial charge in [0.25, 0.3) is 0 Å².